The van der Waals surface area contributed by atoms with Crippen molar-refractivity contribution in [1.82, 2.24) is 10.3 Å². The van der Waals surface area contributed by atoms with Crippen LogP contribution < -0.4 is 16.0 Å². The van der Waals surface area contributed by atoms with Crippen molar-refractivity contribution in [3.8, 4) is 0 Å². The summed E-state index contributed by atoms with van der Waals surface area (Å²) in [7, 11) is 0. The molecule has 3 N–H and O–H groups in total. The summed E-state index contributed by atoms with van der Waals surface area (Å²) in [6.45, 7) is 1.94. The average Bonchev–Trinajstić information content (AvgIpc) is 2.97. The van der Waals surface area contributed by atoms with Crippen molar-refractivity contribution in [3.05, 3.63) is 125 Å². The van der Waals surface area contributed by atoms with E-state index in [9.17, 15) is 14.4 Å². The predicted octanol–water partition coefficient (Wildman–Crippen LogP) is 6.65. The molecule has 40 heavy (non-hydrogen) atoms. The molecule has 3 amide bonds. The number of rotatable bonds is 10. The van der Waals surface area contributed by atoms with Crippen molar-refractivity contribution in [2.24, 2.45) is 0 Å². The van der Waals surface area contributed by atoms with E-state index in [1.165, 1.54) is 11.8 Å². The fourth-order valence-electron chi connectivity index (χ4n) is 3.66. The van der Waals surface area contributed by atoms with Crippen LogP contribution in [0.1, 0.15) is 29.3 Å². The molecule has 0 saturated heterocycles. The van der Waals surface area contributed by atoms with E-state index in [0.717, 1.165) is 4.90 Å². The Balaban J connectivity index is 1.50. The molecule has 0 bridgehead atoms. The zero-order chi connectivity index (χ0) is 28.3. The van der Waals surface area contributed by atoms with Crippen molar-refractivity contribution in [2.75, 3.05) is 10.6 Å². The Bertz CT molecular complexity index is 1500. The summed E-state index contributed by atoms with van der Waals surface area (Å²) in [5.41, 5.74) is 2.38. The van der Waals surface area contributed by atoms with Crippen molar-refractivity contribution >= 4 is 58.5 Å². The SMILES string of the molecule is CCC(Sc1cccc(NC(=O)/C(=C/c2ccc(Cl)cc2)NC(=O)c2ccccc2)c1)C(=O)Nc1ccncc1. The first-order valence-corrected chi connectivity index (χ1v) is 13.8. The number of benzene rings is 3. The number of hydrogen-bond acceptors (Lipinski definition) is 5. The Kier molecular flexibility index (Phi) is 10.1. The minimum Gasteiger partial charge on any atom is -0.325 e. The predicted molar refractivity (Wildman–Crippen MR) is 161 cm³/mol. The molecule has 9 heteroatoms. The third-order valence-corrected chi connectivity index (χ3v) is 7.30. The highest BCUT2D eigenvalue weighted by Gasteiger charge is 2.19. The van der Waals surface area contributed by atoms with E-state index in [1.54, 1.807) is 97.3 Å². The molecular formula is C31H27ClN4O3S. The van der Waals surface area contributed by atoms with Crippen LogP contribution in [0.4, 0.5) is 11.4 Å². The number of nitrogens with zero attached hydrogens (tertiary/aromatic N) is 1. The Morgan fingerprint density at radius 1 is 0.875 bits per heavy atom. The summed E-state index contributed by atoms with van der Waals surface area (Å²) in [4.78, 5) is 43.8. The van der Waals surface area contributed by atoms with Crippen LogP contribution in [0.15, 0.2) is 114 Å². The molecule has 4 aromatic rings. The maximum atomic E-state index is 13.4. The first kappa shape index (κ1) is 28.6. The van der Waals surface area contributed by atoms with E-state index in [-0.39, 0.29) is 16.9 Å². The van der Waals surface area contributed by atoms with Gasteiger partial charge in [0.1, 0.15) is 5.70 Å². The molecule has 0 aliphatic heterocycles. The highest BCUT2D eigenvalue weighted by molar-refractivity contribution is 8.00. The molecule has 0 spiro atoms. The lowest BCUT2D eigenvalue weighted by molar-refractivity contribution is -0.116. The molecule has 0 radical (unpaired) electrons. The number of hydrogen-bond donors (Lipinski definition) is 3. The maximum Gasteiger partial charge on any atom is 0.272 e. The van der Waals surface area contributed by atoms with Crippen LogP contribution in [0.25, 0.3) is 6.08 Å². The van der Waals surface area contributed by atoms with Crippen LogP contribution in [0, 0.1) is 0 Å². The van der Waals surface area contributed by atoms with E-state index in [1.807, 2.05) is 19.1 Å². The molecule has 7 nitrogen and oxygen atoms in total. The van der Waals surface area contributed by atoms with E-state index in [4.69, 9.17) is 11.6 Å². The van der Waals surface area contributed by atoms with Crippen LogP contribution in [-0.4, -0.2) is 28.0 Å². The molecule has 1 heterocycles. The third kappa shape index (κ3) is 8.30. The number of nitrogens with one attached hydrogen (secondary N) is 3. The number of anilines is 2. The van der Waals surface area contributed by atoms with Gasteiger partial charge in [-0.1, -0.05) is 54.9 Å². The van der Waals surface area contributed by atoms with E-state index in [0.29, 0.717) is 33.9 Å². The van der Waals surface area contributed by atoms with Gasteiger partial charge >= 0.3 is 0 Å². The number of thioether (sulfide) groups is 1. The largest absolute Gasteiger partial charge is 0.325 e. The molecule has 0 aliphatic rings. The minimum absolute atomic E-state index is 0.0670. The maximum absolute atomic E-state index is 13.4. The van der Waals surface area contributed by atoms with Crippen molar-refractivity contribution in [1.29, 1.82) is 0 Å². The highest BCUT2D eigenvalue weighted by Crippen LogP contribution is 2.29. The van der Waals surface area contributed by atoms with Gasteiger partial charge in [-0.15, -0.1) is 11.8 Å². The smallest absolute Gasteiger partial charge is 0.272 e. The fourth-order valence-corrected chi connectivity index (χ4v) is 4.80. The molecule has 3 aromatic carbocycles. The van der Waals surface area contributed by atoms with Crippen molar-refractivity contribution in [2.45, 2.75) is 23.5 Å². The molecule has 1 unspecified atom stereocenters. The van der Waals surface area contributed by atoms with Gasteiger partial charge in [-0.2, -0.15) is 0 Å². The van der Waals surface area contributed by atoms with Gasteiger partial charge in [0.25, 0.3) is 11.8 Å². The molecule has 0 fully saturated rings. The number of carbonyl (C=O) groups excluding carboxylic acids is 3. The Morgan fingerprint density at radius 3 is 2.30 bits per heavy atom. The van der Waals surface area contributed by atoms with Gasteiger partial charge in [-0.05, 0) is 72.7 Å². The number of halogens is 1. The highest BCUT2D eigenvalue weighted by atomic mass is 35.5. The Labute approximate surface area is 242 Å². The van der Waals surface area contributed by atoms with Gasteiger partial charge in [-0.25, -0.2) is 0 Å². The lowest BCUT2D eigenvalue weighted by Crippen LogP contribution is -2.30. The third-order valence-electron chi connectivity index (χ3n) is 5.69. The van der Waals surface area contributed by atoms with Gasteiger partial charge in [0.15, 0.2) is 0 Å². The zero-order valence-corrected chi connectivity index (χ0v) is 23.2. The van der Waals surface area contributed by atoms with Gasteiger partial charge < -0.3 is 16.0 Å². The second kappa shape index (κ2) is 14.1. The molecule has 1 aromatic heterocycles. The van der Waals surface area contributed by atoms with Crippen LogP contribution >= 0.6 is 23.4 Å². The average molecular weight is 571 g/mol. The van der Waals surface area contributed by atoms with Crippen molar-refractivity contribution in [3.63, 3.8) is 0 Å². The number of amides is 3. The summed E-state index contributed by atoms with van der Waals surface area (Å²) >= 11 is 7.41. The summed E-state index contributed by atoms with van der Waals surface area (Å²) in [5.74, 6) is -1.03. The normalized spacial score (nSPS) is 11.8. The van der Waals surface area contributed by atoms with Gasteiger partial charge in [0.2, 0.25) is 5.91 Å². The lowest BCUT2D eigenvalue weighted by atomic mass is 10.1. The van der Waals surface area contributed by atoms with Gasteiger partial charge in [0.05, 0.1) is 5.25 Å². The zero-order valence-electron chi connectivity index (χ0n) is 21.6. The summed E-state index contributed by atoms with van der Waals surface area (Å²) in [5, 5.41) is 8.71. The second-order valence-electron chi connectivity index (χ2n) is 8.65. The molecule has 0 saturated carbocycles. The summed E-state index contributed by atoms with van der Waals surface area (Å²) in [6.07, 6.45) is 5.43. The monoisotopic (exact) mass is 570 g/mol. The van der Waals surface area contributed by atoms with Gasteiger partial charge in [0, 0.05) is 39.3 Å². The quantitative estimate of drug-likeness (QED) is 0.146. The first-order chi connectivity index (χ1) is 19.4. The summed E-state index contributed by atoms with van der Waals surface area (Å²) in [6, 6.07) is 26.3. The Morgan fingerprint density at radius 2 is 1.60 bits per heavy atom. The molecular weight excluding hydrogens is 544 g/mol. The molecule has 1 atom stereocenters. The van der Waals surface area contributed by atoms with Gasteiger partial charge in [-0.3, -0.25) is 19.4 Å². The number of pyridine rings is 1. The first-order valence-electron chi connectivity index (χ1n) is 12.5. The van der Waals surface area contributed by atoms with Crippen LogP contribution in [0.2, 0.25) is 5.02 Å². The number of aromatic nitrogens is 1. The minimum atomic E-state index is -0.496. The molecule has 202 valence electrons. The van der Waals surface area contributed by atoms with Crippen LogP contribution in [0.5, 0.6) is 0 Å². The van der Waals surface area contributed by atoms with Crippen molar-refractivity contribution < 1.29 is 14.4 Å². The summed E-state index contributed by atoms with van der Waals surface area (Å²) < 4.78 is 0. The topological polar surface area (TPSA) is 100 Å². The Hall–Kier alpha value is -4.40. The van der Waals surface area contributed by atoms with Crippen LogP contribution in [-0.2, 0) is 9.59 Å². The lowest BCUT2D eigenvalue weighted by Gasteiger charge is -2.16. The standard InChI is InChI=1S/C31H27ClN4O3S/c1-2-28(31(39)34-24-15-17-33-18-16-24)40-26-10-6-9-25(20-26)35-30(38)27(19-21-11-13-23(32)14-12-21)36-29(37)22-7-4-3-5-8-22/h3-20,28H,2H2,1H3,(H,35,38)(H,36,37)(H,33,34,39)/b27-19-. The number of carbonyl (C=O) groups is 3. The van der Waals surface area contributed by atoms with E-state index in [2.05, 4.69) is 20.9 Å². The van der Waals surface area contributed by atoms with E-state index < -0.39 is 11.8 Å². The fraction of sp³-hybridized carbons (Fsp3) is 0.0968. The molecule has 0 aliphatic carbocycles. The second-order valence-corrected chi connectivity index (χ2v) is 10.4. The van der Waals surface area contributed by atoms with Crippen LogP contribution in [0.3, 0.4) is 0 Å². The van der Waals surface area contributed by atoms with E-state index >= 15 is 0 Å². The molecule has 4 rings (SSSR count).